The van der Waals surface area contributed by atoms with Gasteiger partial charge in [-0.1, -0.05) is 6.58 Å². The first-order valence-electron chi connectivity index (χ1n) is 8.38. The molecular weight excluding hydrogens is 617 g/mol. The fourth-order valence-corrected chi connectivity index (χ4v) is 2.28. The van der Waals surface area contributed by atoms with E-state index in [2.05, 4.69) is 15.5 Å². The van der Waals surface area contributed by atoms with E-state index >= 15 is 0 Å². The van der Waals surface area contributed by atoms with E-state index in [9.17, 15) is 87.8 Å². The van der Waals surface area contributed by atoms with E-state index in [1.165, 1.54) is 0 Å². The van der Waals surface area contributed by atoms with E-state index in [4.69, 9.17) is 5.73 Å². The summed E-state index contributed by atoms with van der Waals surface area (Å²) in [4.78, 5) is 10.2. The molecule has 0 unspecified atom stereocenters. The van der Waals surface area contributed by atoms with E-state index in [1.807, 2.05) is 0 Å². The van der Waals surface area contributed by atoms with Crippen molar-refractivity contribution in [1.29, 1.82) is 0 Å². The molecule has 6 nitrogen and oxygen atoms in total. The smallest absolute Gasteiger partial charge is 0.460 e. The number of esters is 1. The summed E-state index contributed by atoms with van der Waals surface area (Å²) < 4.78 is 246. The highest BCUT2D eigenvalue weighted by Gasteiger charge is 2.96. The van der Waals surface area contributed by atoms with E-state index in [0.717, 1.165) is 6.08 Å². The molecule has 0 spiro atoms. The van der Waals surface area contributed by atoms with Gasteiger partial charge in [-0.3, -0.25) is 4.18 Å². The molecule has 0 saturated heterocycles. The number of rotatable bonds is 11. The average Bonchev–Trinajstić information content (AvgIpc) is 2.75. The third-order valence-corrected chi connectivity index (χ3v) is 5.08. The number of ether oxygens (including phenoxy) is 1. The minimum atomic E-state index is -8.84. The molecule has 0 radical (unpaired) electrons. The Labute approximate surface area is 199 Å². The second-order valence-corrected chi connectivity index (χ2v) is 8.00. The zero-order valence-corrected chi connectivity index (χ0v) is 18.5. The Balaban J connectivity index is 0. The summed E-state index contributed by atoms with van der Waals surface area (Å²) >= 11 is 0. The highest BCUT2D eigenvalue weighted by atomic mass is 32.2. The fraction of sp³-hybridized carbons (Fsp3) is 0.786. The van der Waals surface area contributed by atoms with Gasteiger partial charge in [0.1, 0.15) is 6.61 Å². The van der Waals surface area contributed by atoms with E-state index in [0.29, 0.717) is 6.54 Å². The van der Waals surface area contributed by atoms with Gasteiger partial charge in [0.25, 0.3) is 0 Å². The van der Waals surface area contributed by atoms with E-state index in [-0.39, 0.29) is 6.61 Å². The van der Waals surface area contributed by atoms with Crippen molar-refractivity contribution in [3.05, 3.63) is 12.7 Å². The first kappa shape index (κ1) is 38.0. The molecule has 24 heteroatoms. The predicted molar refractivity (Wildman–Crippen MR) is 86.8 cm³/mol. The Morgan fingerprint density at radius 1 is 0.711 bits per heavy atom. The fourth-order valence-electron chi connectivity index (χ4n) is 1.63. The number of carbonyl (C=O) groups is 1. The second kappa shape index (κ2) is 11.2. The molecule has 0 aliphatic rings. The maximum atomic E-state index is 13.2. The van der Waals surface area contributed by atoms with Gasteiger partial charge in [0.15, 0.2) is 0 Å². The SMILES string of the molecule is C=CC(=O)OCCN.COS(=O)(=O)C(F)(F)C(F)(F)C(F)(F)C(F)(F)C(F)(F)C(F)(F)C(F)(F)C(F)(F)F. The third-order valence-electron chi connectivity index (χ3n) is 3.76. The highest BCUT2D eigenvalue weighted by molar-refractivity contribution is 7.87. The lowest BCUT2D eigenvalue weighted by Crippen LogP contribution is -2.75. The predicted octanol–water partition coefficient (Wildman–Crippen LogP) is 4.60. The van der Waals surface area contributed by atoms with Crippen LogP contribution in [-0.2, 0) is 23.8 Å². The maximum absolute atomic E-state index is 13.2. The number of halogens is 17. The second-order valence-electron chi connectivity index (χ2n) is 6.24. The van der Waals surface area contributed by atoms with E-state index in [1.54, 1.807) is 0 Å². The van der Waals surface area contributed by atoms with Gasteiger partial charge in [-0.2, -0.15) is 83.1 Å². The summed E-state index contributed by atoms with van der Waals surface area (Å²) in [5.74, 6) is -52.0. The number of hydrogen-bond acceptors (Lipinski definition) is 6. The van der Waals surface area contributed by atoms with Crippen LogP contribution in [-0.4, -0.2) is 81.6 Å². The molecule has 0 bridgehead atoms. The molecule has 0 fully saturated rings. The number of hydrogen-bond donors (Lipinski definition) is 1. The van der Waals surface area contributed by atoms with Gasteiger partial charge in [0.2, 0.25) is 0 Å². The number of nitrogens with two attached hydrogens (primary N) is 1. The minimum Gasteiger partial charge on any atom is -0.461 e. The lowest BCUT2D eigenvalue weighted by atomic mass is 9.91. The molecule has 2 N–H and O–H groups in total. The molecule has 0 aliphatic heterocycles. The van der Waals surface area contributed by atoms with Crippen LogP contribution in [0, 0.1) is 0 Å². The van der Waals surface area contributed by atoms with Crippen molar-refractivity contribution in [3.63, 3.8) is 0 Å². The van der Waals surface area contributed by atoms with Crippen molar-refractivity contribution in [2.24, 2.45) is 5.73 Å². The first-order valence-corrected chi connectivity index (χ1v) is 9.79. The van der Waals surface area contributed by atoms with Gasteiger partial charge in [-0.25, -0.2) is 4.79 Å². The molecule has 38 heavy (non-hydrogen) atoms. The number of alkyl halides is 17. The normalized spacial score (nSPS) is 14.9. The van der Waals surface area contributed by atoms with Gasteiger partial charge >= 0.3 is 63.1 Å². The van der Waals surface area contributed by atoms with Crippen molar-refractivity contribution < 1.29 is 96.8 Å². The van der Waals surface area contributed by atoms with Crippen LogP contribution in [0.3, 0.4) is 0 Å². The van der Waals surface area contributed by atoms with Crippen molar-refractivity contribution in [2.75, 3.05) is 20.3 Å². The quantitative estimate of drug-likeness (QED) is 0.156. The average molecular weight is 629 g/mol. The zero-order valence-electron chi connectivity index (χ0n) is 17.7. The van der Waals surface area contributed by atoms with Crippen molar-refractivity contribution in [3.8, 4) is 0 Å². The molecule has 0 aromatic carbocycles. The monoisotopic (exact) mass is 629 g/mol. The van der Waals surface area contributed by atoms with Crippen molar-refractivity contribution >= 4 is 16.1 Å². The summed E-state index contributed by atoms with van der Waals surface area (Å²) in [6.45, 7) is 3.83. The molecule has 228 valence electrons. The summed E-state index contributed by atoms with van der Waals surface area (Å²) in [6, 6.07) is 0. The molecule has 0 rings (SSSR count). The van der Waals surface area contributed by atoms with Crippen molar-refractivity contribution in [2.45, 2.75) is 47.0 Å². The Morgan fingerprint density at radius 3 is 1.29 bits per heavy atom. The molecule has 0 amide bonds. The molecule has 0 heterocycles. The van der Waals surface area contributed by atoms with E-state index < -0.39 is 70.2 Å². The summed E-state index contributed by atoms with van der Waals surface area (Å²) in [5.41, 5.74) is 5.02. The molecule has 0 aromatic rings. The topological polar surface area (TPSA) is 95.7 Å². The Kier molecular flexibility index (Phi) is 11.2. The standard InChI is InChI=1S/C9H3F17O3S.C5H9NO2/c1-29-30(27,28)9(25,26)7(20,21)5(16,17)3(12,13)2(10,11)4(14,15)6(18,19)8(22,23)24;1-2-5(7)8-4-3-6/h1H3;2H,1,3-4,6H2. The van der Waals surface area contributed by atoms with Crippen LogP contribution < -0.4 is 5.73 Å². The van der Waals surface area contributed by atoms with Crippen molar-refractivity contribution in [1.82, 2.24) is 0 Å². The van der Waals surface area contributed by atoms with Gasteiger partial charge in [-0.05, 0) is 0 Å². The van der Waals surface area contributed by atoms with Crippen LogP contribution in [0.1, 0.15) is 0 Å². The minimum absolute atomic E-state index is 0.269. The lowest BCUT2D eigenvalue weighted by Gasteiger charge is -2.42. The van der Waals surface area contributed by atoms with Crippen LogP contribution in [0.2, 0.25) is 0 Å². The third kappa shape index (κ3) is 5.89. The largest absolute Gasteiger partial charge is 0.461 e. The van der Waals surface area contributed by atoms with Crippen LogP contribution >= 0.6 is 0 Å². The Morgan fingerprint density at radius 2 is 1.03 bits per heavy atom. The molecule has 0 aliphatic carbocycles. The van der Waals surface area contributed by atoms with Crippen LogP contribution in [0.15, 0.2) is 12.7 Å². The van der Waals surface area contributed by atoms with Gasteiger partial charge in [0.05, 0.1) is 7.11 Å². The lowest BCUT2D eigenvalue weighted by molar-refractivity contribution is -0.458. The molecule has 0 aromatic heterocycles. The summed E-state index contributed by atoms with van der Waals surface area (Å²) in [5, 5.41) is -7.61. The molecule has 0 atom stereocenters. The Bertz CT molecular complexity index is 945. The molecule has 0 saturated carbocycles. The number of carbonyl (C=O) groups excluding carboxylic acids is 1. The maximum Gasteiger partial charge on any atom is 0.460 e. The summed E-state index contributed by atoms with van der Waals surface area (Å²) in [6.07, 6.45) is -6.76. The van der Waals surface area contributed by atoms with Crippen LogP contribution in [0.5, 0.6) is 0 Å². The molecular formula is C14H12F17NO5S. The summed E-state index contributed by atoms with van der Waals surface area (Å²) in [7, 11) is -7.86. The first-order chi connectivity index (χ1) is 16.4. The highest BCUT2D eigenvalue weighted by Crippen LogP contribution is 2.64. The Hall–Kier alpha value is -2.11. The van der Waals surface area contributed by atoms with Gasteiger partial charge in [-0.15, -0.1) is 0 Å². The van der Waals surface area contributed by atoms with Crippen LogP contribution in [0.4, 0.5) is 74.6 Å². The van der Waals surface area contributed by atoms with Crippen LogP contribution in [0.25, 0.3) is 0 Å². The zero-order chi connectivity index (χ0) is 31.6. The van der Waals surface area contributed by atoms with Gasteiger partial charge < -0.3 is 10.5 Å². The van der Waals surface area contributed by atoms with Gasteiger partial charge in [0, 0.05) is 12.6 Å².